The minimum absolute atomic E-state index is 0.0144. The lowest BCUT2D eigenvalue weighted by Gasteiger charge is -2.36. The van der Waals surface area contributed by atoms with E-state index in [0.717, 1.165) is 37.2 Å². The van der Waals surface area contributed by atoms with Gasteiger partial charge in [0.15, 0.2) is 0 Å². The third kappa shape index (κ3) is 3.08. The standard InChI is InChI=1S/C18H21NO2S/c1-14-5-2-3-6-15(14)17(20)19-13-18(8-10-21-11-9-18)16-7-4-12-22-16/h2-7,12H,8-11,13H2,1H3,(H,19,20). The minimum Gasteiger partial charge on any atom is -0.381 e. The van der Waals surface area contributed by atoms with E-state index in [2.05, 4.69) is 22.8 Å². The van der Waals surface area contributed by atoms with Gasteiger partial charge in [0.05, 0.1) is 0 Å². The van der Waals surface area contributed by atoms with Crippen LogP contribution < -0.4 is 5.32 Å². The van der Waals surface area contributed by atoms with E-state index in [0.29, 0.717) is 6.54 Å². The van der Waals surface area contributed by atoms with Gasteiger partial charge in [-0.25, -0.2) is 0 Å². The Balaban J connectivity index is 1.75. The molecule has 0 unspecified atom stereocenters. The maximum atomic E-state index is 12.5. The van der Waals surface area contributed by atoms with Gasteiger partial charge in [-0.3, -0.25) is 4.79 Å². The number of thiophene rings is 1. The monoisotopic (exact) mass is 315 g/mol. The molecule has 3 rings (SSSR count). The summed E-state index contributed by atoms with van der Waals surface area (Å²) in [5, 5.41) is 5.26. The van der Waals surface area contributed by atoms with Crippen molar-refractivity contribution < 1.29 is 9.53 Å². The van der Waals surface area contributed by atoms with Gasteiger partial charge in [0.1, 0.15) is 0 Å². The lowest BCUT2D eigenvalue weighted by Crippen LogP contribution is -2.44. The average molecular weight is 315 g/mol. The van der Waals surface area contributed by atoms with Crippen molar-refractivity contribution in [3.05, 3.63) is 57.8 Å². The molecule has 0 radical (unpaired) electrons. The third-order valence-electron chi connectivity index (χ3n) is 4.47. The number of carbonyl (C=O) groups is 1. The second-order valence-corrected chi connectivity index (χ2v) is 6.82. The zero-order valence-corrected chi connectivity index (χ0v) is 13.6. The smallest absolute Gasteiger partial charge is 0.251 e. The fourth-order valence-corrected chi connectivity index (χ4v) is 4.01. The van der Waals surface area contributed by atoms with Crippen LogP contribution in [0.1, 0.15) is 33.6 Å². The summed E-state index contributed by atoms with van der Waals surface area (Å²) in [5.41, 5.74) is 1.79. The molecule has 1 saturated heterocycles. The van der Waals surface area contributed by atoms with Crippen LogP contribution >= 0.6 is 11.3 Å². The first kappa shape index (κ1) is 15.3. The van der Waals surface area contributed by atoms with Crippen molar-refractivity contribution in [1.29, 1.82) is 0 Å². The highest BCUT2D eigenvalue weighted by Crippen LogP contribution is 2.37. The van der Waals surface area contributed by atoms with E-state index in [1.165, 1.54) is 4.88 Å². The van der Waals surface area contributed by atoms with E-state index in [-0.39, 0.29) is 11.3 Å². The summed E-state index contributed by atoms with van der Waals surface area (Å²) >= 11 is 1.77. The molecule has 1 aromatic carbocycles. The number of carbonyl (C=O) groups excluding carboxylic acids is 1. The zero-order chi connectivity index (χ0) is 15.4. The molecule has 1 fully saturated rings. The Morgan fingerprint density at radius 1 is 1.23 bits per heavy atom. The van der Waals surface area contributed by atoms with Gasteiger partial charge in [0, 0.05) is 35.6 Å². The molecule has 1 aliphatic heterocycles. The summed E-state index contributed by atoms with van der Waals surface area (Å²) in [6.07, 6.45) is 1.92. The highest BCUT2D eigenvalue weighted by Gasteiger charge is 2.35. The summed E-state index contributed by atoms with van der Waals surface area (Å²) in [6.45, 7) is 4.17. The first-order valence-corrected chi connectivity index (χ1v) is 8.55. The minimum atomic E-state index is 0.0144. The number of benzene rings is 1. The van der Waals surface area contributed by atoms with Crippen molar-refractivity contribution in [3.8, 4) is 0 Å². The normalized spacial score (nSPS) is 17.1. The Morgan fingerprint density at radius 3 is 2.68 bits per heavy atom. The van der Waals surface area contributed by atoms with Crippen LogP contribution in [-0.2, 0) is 10.2 Å². The number of ether oxygens (including phenoxy) is 1. The summed E-state index contributed by atoms with van der Waals surface area (Å²) in [5.74, 6) is 0.0144. The van der Waals surface area contributed by atoms with Gasteiger partial charge in [0.25, 0.3) is 5.91 Å². The molecule has 0 bridgehead atoms. The van der Waals surface area contributed by atoms with Crippen LogP contribution in [-0.4, -0.2) is 25.7 Å². The predicted octanol–water partition coefficient (Wildman–Crippen LogP) is 3.53. The van der Waals surface area contributed by atoms with Crippen LogP contribution in [0.2, 0.25) is 0 Å². The molecular weight excluding hydrogens is 294 g/mol. The van der Waals surface area contributed by atoms with Crippen molar-refractivity contribution in [2.24, 2.45) is 0 Å². The molecule has 2 aromatic rings. The molecule has 0 spiro atoms. The molecule has 1 aromatic heterocycles. The molecule has 0 saturated carbocycles. The van der Waals surface area contributed by atoms with Gasteiger partial charge in [-0.15, -0.1) is 11.3 Å². The second-order valence-electron chi connectivity index (χ2n) is 5.87. The Hall–Kier alpha value is -1.65. The SMILES string of the molecule is Cc1ccccc1C(=O)NCC1(c2cccs2)CCOCC1. The molecule has 2 heterocycles. The fourth-order valence-electron chi connectivity index (χ4n) is 3.03. The molecule has 4 heteroatoms. The van der Waals surface area contributed by atoms with E-state index in [9.17, 15) is 4.79 Å². The van der Waals surface area contributed by atoms with Gasteiger partial charge in [-0.2, -0.15) is 0 Å². The average Bonchev–Trinajstić information content (AvgIpc) is 3.09. The number of nitrogens with one attached hydrogen (secondary N) is 1. The second kappa shape index (κ2) is 6.63. The molecule has 1 N–H and O–H groups in total. The number of amides is 1. The number of aryl methyl sites for hydroxylation is 1. The van der Waals surface area contributed by atoms with Crippen LogP contribution in [0, 0.1) is 6.92 Å². The van der Waals surface area contributed by atoms with Crippen molar-refractivity contribution in [3.63, 3.8) is 0 Å². The predicted molar refractivity (Wildman–Crippen MR) is 89.6 cm³/mol. The summed E-state index contributed by atoms with van der Waals surface area (Å²) in [7, 11) is 0. The van der Waals surface area contributed by atoms with Crippen LogP contribution in [0.3, 0.4) is 0 Å². The van der Waals surface area contributed by atoms with Gasteiger partial charge in [0.2, 0.25) is 0 Å². The lowest BCUT2D eigenvalue weighted by atomic mass is 9.78. The van der Waals surface area contributed by atoms with Crippen LogP contribution in [0.5, 0.6) is 0 Å². The van der Waals surface area contributed by atoms with Gasteiger partial charge in [-0.05, 0) is 42.8 Å². The summed E-state index contributed by atoms with van der Waals surface area (Å²) < 4.78 is 5.53. The topological polar surface area (TPSA) is 38.3 Å². The molecule has 116 valence electrons. The molecule has 0 aliphatic carbocycles. The van der Waals surface area contributed by atoms with Crippen molar-refractivity contribution in [2.75, 3.05) is 19.8 Å². The van der Waals surface area contributed by atoms with Crippen LogP contribution in [0.4, 0.5) is 0 Å². The number of hydrogen-bond acceptors (Lipinski definition) is 3. The fraction of sp³-hybridized carbons (Fsp3) is 0.389. The van der Waals surface area contributed by atoms with E-state index in [4.69, 9.17) is 4.74 Å². The van der Waals surface area contributed by atoms with Gasteiger partial charge in [-0.1, -0.05) is 24.3 Å². The maximum absolute atomic E-state index is 12.5. The number of rotatable bonds is 4. The molecule has 1 aliphatic rings. The van der Waals surface area contributed by atoms with E-state index < -0.39 is 0 Å². The highest BCUT2D eigenvalue weighted by molar-refractivity contribution is 7.10. The first-order valence-electron chi connectivity index (χ1n) is 7.67. The third-order valence-corrected chi connectivity index (χ3v) is 5.59. The Morgan fingerprint density at radius 2 is 2.00 bits per heavy atom. The van der Waals surface area contributed by atoms with Crippen LogP contribution in [0.15, 0.2) is 41.8 Å². The molecule has 1 amide bonds. The maximum Gasteiger partial charge on any atom is 0.251 e. The Labute approximate surface area is 135 Å². The highest BCUT2D eigenvalue weighted by atomic mass is 32.1. The van der Waals surface area contributed by atoms with Gasteiger partial charge >= 0.3 is 0 Å². The number of hydrogen-bond donors (Lipinski definition) is 1. The summed E-state index contributed by atoms with van der Waals surface area (Å²) in [6, 6.07) is 12.0. The molecule has 22 heavy (non-hydrogen) atoms. The largest absolute Gasteiger partial charge is 0.381 e. The molecule has 3 nitrogen and oxygen atoms in total. The lowest BCUT2D eigenvalue weighted by molar-refractivity contribution is 0.0499. The zero-order valence-electron chi connectivity index (χ0n) is 12.8. The van der Waals surface area contributed by atoms with Crippen LogP contribution in [0.25, 0.3) is 0 Å². The quantitative estimate of drug-likeness (QED) is 0.937. The van der Waals surface area contributed by atoms with Crippen molar-refractivity contribution >= 4 is 17.2 Å². The Kier molecular flexibility index (Phi) is 4.60. The molecule has 0 atom stereocenters. The van der Waals surface area contributed by atoms with Gasteiger partial charge < -0.3 is 10.1 Å². The van der Waals surface area contributed by atoms with Crippen molar-refractivity contribution in [2.45, 2.75) is 25.2 Å². The summed E-state index contributed by atoms with van der Waals surface area (Å²) in [4.78, 5) is 13.8. The van der Waals surface area contributed by atoms with Crippen molar-refractivity contribution in [1.82, 2.24) is 5.32 Å². The first-order chi connectivity index (χ1) is 10.7. The van der Waals surface area contributed by atoms with E-state index >= 15 is 0 Å². The van der Waals surface area contributed by atoms with E-state index in [1.54, 1.807) is 11.3 Å². The molecular formula is C18H21NO2S. The Bertz CT molecular complexity index is 630. The van der Waals surface area contributed by atoms with E-state index in [1.807, 2.05) is 31.2 Å².